The van der Waals surface area contributed by atoms with Crippen molar-refractivity contribution in [2.24, 2.45) is 0 Å². The number of carbonyl (C=O) groups excluding carboxylic acids is 1. The molecular formula is C15H21N5O. The Bertz CT molecular complexity index is 580. The molecule has 0 aliphatic rings. The lowest BCUT2D eigenvalue weighted by molar-refractivity contribution is 0.0952. The highest BCUT2D eigenvalue weighted by Gasteiger charge is 2.11. The maximum atomic E-state index is 12.3. The van der Waals surface area contributed by atoms with Crippen LogP contribution in [0.5, 0.6) is 0 Å². The molecule has 1 aromatic carbocycles. The van der Waals surface area contributed by atoms with E-state index in [1.54, 1.807) is 17.1 Å². The van der Waals surface area contributed by atoms with Crippen LogP contribution >= 0.6 is 0 Å². The Morgan fingerprint density at radius 1 is 1.33 bits per heavy atom. The summed E-state index contributed by atoms with van der Waals surface area (Å²) in [5.41, 5.74) is 2.63. The largest absolute Gasteiger partial charge is 0.384 e. The number of hydrogen-bond donors (Lipinski definition) is 2. The van der Waals surface area contributed by atoms with Crippen molar-refractivity contribution in [3.63, 3.8) is 0 Å². The Labute approximate surface area is 124 Å². The van der Waals surface area contributed by atoms with E-state index < -0.39 is 0 Å². The van der Waals surface area contributed by atoms with Gasteiger partial charge < -0.3 is 10.6 Å². The average Bonchev–Trinajstić information content (AvgIpc) is 2.99. The summed E-state index contributed by atoms with van der Waals surface area (Å²) in [5, 5.41) is 13.8. The van der Waals surface area contributed by atoms with E-state index in [-0.39, 0.29) is 5.91 Å². The summed E-state index contributed by atoms with van der Waals surface area (Å²) in [7, 11) is 0. The van der Waals surface area contributed by atoms with Gasteiger partial charge in [-0.25, -0.2) is 0 Å². The standard InChI is InChI=1S/C15H21N5O/c1-3-6-16-14-5-4-12(2)11-13(14)15(21)17-7-9-20-10-8-18-19-20/h4-5,8,10-11,16H,3,6-7,9H2,1-2H3,(H,17,21). The zero-order chi connectivity index (χ0) is 15.1. The van der Waals surface area contributed by atoms with E-state index in [9.17, 15) is 4.79 Å². The Morgan fingerprint density at radius 2 is 2.19 bits per heavy atom. The van der Waals surface area contributed by atoms with Gasteiger partial charge >= 0.3 is 0 Å². The summed E-state index contributed by atoms with van der Waals surface area (Å²) in [6, 6.07) is 5.87. The van der Waals surface area contributed by atoms with Gasteiger partial charge in [0, 0.05) is 25.0 Å². The van der Waals surface area contributed by atoms with E-state index in [0.717, 1.165) is 24.2 Å². The molecule has 2 aromatic rings. The number of aromatic nitrogens is 3. The van der Waals surface area contributed by atoms with Gasteiger partial charge in [0.25, 0.3) is 5.91 Å². The minimum Gasteiger partial charge on any atom is -0.384 e. The first-order valence-corrected chi connectivity index (χ1v) is 7.17. The maximum Gasteiger partial charge on any atom is 0.253 e. The molecule has 0 bridgehead atoms. The van der Waals surface area contributed by atoms with Gasteiger partial charge in [0.05, 0.1) is 18.3 Å². The number of hydrogen-bond acceptors (Lipinski definition) is 4. The summed E-state index contributed by atoms with van der Waals surface area (Å²) in [6.07, 6.45) is 4.41. The molecule has 2 N–H and O–H groups in total. The summed E-state index contributed by atoms with van der Waals surface area (Å²) >= 11 is 0. The van der Waals surface area contributed by atoms with Gasteiger partial charge in [0.2, 0.25) is 0 Å². The Kier molecular flexibility index (Phi) is 5.31. The van der Waals surface area contributed by atoms with Crippen molar-refractivity contribution in [2.75, 3.05) is 18.4 Å². The van der Waals surface area contributed by atoms with Crippen LogP contribution in [0.15, 0.2) is 30.6 Å². The predicted molar refractivity (Wildman–Crippen MR) is 82.3 cm³/mol. The van der Waals surface area contributed by atoms with Gasteiger partial charge in [0.15, 0.2) is 0 Å². The monoisotopic (exact) mass is 287 g/mol. The summed E-state index contributed by atoms with van der Waals surface area (Å²) < 4.78 is 1.69. The molecule has 6 heteroatoms. The van der Waals surface area contributed by atoms with Crippen LogP contribution in [0, 0.1) is 6.92 Å². The van der Waals surface area contributed by atoms with E-state index in [4.69, 9.17) is 0 Å². The van der Waals surface area contributed by atoms with Gasteiger partial charge in [-0.05, 0) is 25.5 Å². The number of benzene rings is 1. The lowest BCUT2D eigenvalue weighted by Gasteiger charge is -2.12. The molecule has 0 aliphatic carbocycles. The Balaban J connectivity index is 1.98. The number of rotatable bonds is 7. The Morgan fingerprint density at radius 3 is 2.90 bits per heavy atom. The van der Waals surface area contributed by atoms with Gasteiger partial charge in [0.1, 0.15) is 0 Å². The van der Waals surface area contributed by atoms with E-state index >= 15 is 0 Å². The molecule has 1 aromatic heterocycles. The third-order valence-corrected chi connectivity index (χ3v) is 3.08. The van der Waals surface area contributed by atoms with Crippen molar-refractivity contribution in [3.8, 4) is 0 Å². The van der Waals surface area contributed by atoms with Crippen LogP contribution in [-0.4, -0.2) is 34.0 Å². The molecule has 0 radical (unpaired) electrons. The van der Waals surface area contributed by atoms with E-state index in [0.29, 0.717) is 18.7 Å². The summed E-state index contributed by atoms with van der Waals surface area (Å²) in [4.78, 5) is 12.3. The number of aryl methyl sites for hydroxylation is 1. The van der Waals surface area contributed by atoms with Crippen molar-refractivity contribution in [1.82, 2.24) is 20.3 Å². The molecule has 1 heterocycles. The lowest BCUT2D eigenvalue weighted by Crippen LogP contribution is -2.28. The number of carbonyl (C=O) groups is 1. The number of nitrogens with zero attached hydrogens (tertiary/aromatic N) is 3. The molecule has 0 atom stereocenters. The molecular weight excluding hydrogens is 266 g/mol. The first kappa shape index (κ1) is 15.0. The highest BCUT2D eigenvalue weighted by Crippen LogP contribution is 2.17. The molecule has 0 saturated carbocycles. The summed E-state index contributed by atoms with van der Waals surface area (Å²) in [5.74, 6) is -0.0718. The fourth-order valence-corrected chi connectivity index (χ4v) is 1.99. The van der Waals surface area contributed by atoms with Crippen molar-refractivity contribution in [3.05, 3.63) is 41.7 Å². The van der Waals surface area contributed by atoms with Crippen molar-refractivity contribution >= 4 is 11.6 Å². The number of amides is 1. The van der Waals surface area contributed by atoms with Crippen LogP contribution in [0.4, 0.5) is 5.69 Å². The predicted octanol–water partition coefficient (Wildman–Crippen LogP) is 1.84. The highest BCUT2D eigenvalue weighted by atomic mass is 16.1. The number of nitrogens with one attached hydrogen (secondary N) is 2. The fraction of sp³-hybridized carbons (Fsp3) is 0.400. The molecule has 0 spiro atoms. The second-order valence-corrected chi connectivity index (χ2v) is 4.90. The third kappa shape index (κ3) is 4.30. The molecule has 6 nitrogen and oxygen atoms in total. The van der Waals surface area contributed by atoms with Gasteiger partial charge in [-0.1, -0.05) is 23.8 Å². The first-order chi connectivity index (χ1) is 10.2. The number of anilines is 1. The van der Waals surface area contributed by atoms with Crippen LogP contribution in [-0.2, 0) is 6.54 Å². The van der Waals surface area contributed by atoms with Crippen LogP contribution in [0.1, 0.15) is 29.3 Å². The molecule has 112 valence electrons. The third-order valence-electron chi connectivity index (χ3n) is 3.08. The zero-order valence-corrected chi connectivity index (χ0v) is 12.5. The SMILES string of the molecule is CCCNc1ccc(C)cc1C(=O)NCCn1ccnn1. The molecule has 0 aliphatic heterocycles. The average molecular weight is 287 g/mol. The minimum atomic E-state index is -0.0718. The second-order valence-electron chi connectivity index (χ2n) is 4.90. The fourth-order valence-electron chi connectivity index (χ4n) is 1.99. The molecule has 21 heavy (non-hydrogen) atoms. The van der Waals surface area contributed by atoms with Crippen molar-refractivity contribution in [2.45, 2.75) is 26.8 Å². The van der Waals surface area contributed by atoms with Crippen LogP contribution in [0.25, 0.3) is 0 Å². The second kappa shape index (κ2) is 7.42. The van der Waals surface area contributed by atoms with E-state index in [2.05, 4.69) is 27.9 Å². The van der Waals surface area contributed by atoms with Crippen LogP contribution < -0.4 is 10.6 Å². The van der Waals surface area contributed by atoms with E-state index in [1.165, 1.54) is 0 Å². The van der Waals surface area contributed by atoms with E-state index in [1.807, 2.05) is 25.1 Å². The van der Waals surface area contributed by atoms with Crippen LogP contribution in [0.2, 0.25) is 0 Å². The quantitative estimate of drug-likeness (QED) is 0.815. The Hall–Kier alpha value is -2.37. The molecule has 0 fully saturated rings. The molecule has 0 unspecified atom stereocenters. The van der Waals surface area contributed by atoms with Gasteiger partial charge in [-0.3, -0.25) is 9.48 Å². The topological polar surface area (TPSA) is 71.8 Å². The smallest absolute Gasteiger partial charge is 0.253 e. The first-order valence-electron chi connectivity index (χ1n) is 7.17. The van der Waals surface area contributed by atoms with Gasteiger partial charge in [-0.15, -0.1) is 5.10 Å². The van der Waals surface area contributed by atoms with Crippen molar-refractivity contribution in [1.29, 1.82) is 0 Å². The van der Waals surface area contributed by atoms with Crippen LogP contribution in [0.3, 0.4) is 0 Å². The molecule has 2 rings (SSSR count). The molecule has 0 saturated heterocycles. The maximum absolute atomic E-state index is 12.3. The lowest BCUT2D eigenvalue weighted by atomic mass is 10.1. The minimum absolute atomic E-state index is 0.0718. The highest BCUT2D eigenvalue weighted by molar-refractivity contribution is 5.99. The van der Waals surface area contributed by atoms with Crippen molar-refractivity contribution < 1.29 is 4.79 Å². The zero-order valence-electron chi connectivity index (χ0n) is 12.5. The molecule has 1 amide bonds. The summed E-state index contributed by atoms with van der Waals surface area (Å²) in [6.45, 7) is 6.05. The normalized spacial score (nSPS) is 10.4. The van der Waals surface area contributed by atoms with Gasteiger partial charge in [-0.2, -0.15) is 0 Å².